The Morgan fingerprint density at radius 3 is 1.20 bits per heavy atom. The van der Waals surface area contributed by atoms with Gasteiger partial charge in [-0.15, -0.1) is 0 Å². The van der Waals surface area contributed by atoms with Crippen molar-refractivity contribution in [1.29, 1.82) is 0 Å². The average Bonchev–Trinajstić information content (AvgIpc) is 1.37. The molecule has 0 spiro atoms. The van der Waals surface area contributed by atoms with E-state index in [4.69, 9.17) is 0 Å². The molecule has 0 saturated heterocycles. The van der Waals surface area contributed by atoms with Gasteiger partial charge in [-0.05, 0) is 14.1 Å². The quantitative estimate of drug-likeness (QED) is 0.353. The SMILES string of the molecule is CNNC.[Ni]. The fourth-order valence-corrected chi connectivity index (χ4v) is 0. The first-order valence-electron chi connectivity index (χ1n) is 1.25. The molecular formula is C2H8N2Ni. The van der Waals surface area contributed by atoms with Gasteiger partial charge in [-0.2, -0.15) is 0 Å². The van der Waals surface area contributed by atoms with Gasteiger partial charge in [0.15, 0.2) is 0 Å². The number of hydrogen-bond donors (Lipinski definition) is 2. The Hall–Kier alpha value is 0.414. The van der Waals surface area contributed by atoms with E-state index in [2.05, 4.69) is 10.9 Å². The van der Waals surface area contributed by atoms with E-state index in [-0.39, 0.29) is 16.5 Å². The molecule has 0 aliphatic rings. The maximum absolute atomic E-state index is 2.68. The van der Waals surface area contributed by atoms with Crippen molar-refractivity contribution in [2.75, 3.05) is 14.1 Å². The second-order valence-electron chi connectivity index (χ2n) is 0.500. The summed E-state index contributed by atoms with van der Waals surface area (Å²) in [6, 6.07) is 0. The summed E-state index contributed by atoms with van der Waals surface area (Å²) < 4.78 is 0. The number of rotatable bonds is 1. The molecule has 0 aliphatic carbocycles. The van der Waals surface area contributed by atoms with Gasteiger partial charge in [0.1, 0.15) is 0 Å². The minimum atomic E-state index is 0. The number of hydrogen-bond acceptors (Lipinski definition) is 2. The van der Waals surface area contributed by atoms with Crippen LogP contribution in [-0.2, 0) is 16.5 Å². The largest absolute Gasteiger partial charge is 0.261 e. The second-order valence-corrected chi connectivity index (χ2v) is 0.500. The molecule has 36 valence electrons. The van der Waals surface area contributed by atoms with Crippen LogP contribution < -0.4 is 10.9 Å². The number of nitrogens with one attached hydrogen (secondary N) is 2. The average molecular weight is 119 g/mol. The minimum Gasteiger partial charge on any atom is -0.261 e. The molecule has 0 amide bonds. The van der Waals surface area contributed by atoms with Crippen LogP contribution in [0.4, 0.5) is 0 Å². The van der Waals surface area contributed by atoms with Gasteiger partial charge in [0, 0.05) is 16.5 Å². The van der Waals surface area contributed by atoms with Crippen molar-refractivity contribution in [3.05, 3.63) is 0 Å². The van der Waals surface area contributed by atoms with Gasteiger partial charge in [0.05, 0.1) is 0 Å². The van der Waals surface area contributed by atoms with Crippen molar-refractivity contribution in [1.82, 2.24) is 10.9 Å². The third-order valence-corrected chi connectivity index (χ3v) is 0.250. The van der Waals surface area contributed by atoms with Crippen LogP contribution in [0.25, 0.3) is 0 Å². The van der Waals surface area contributed by atoms with Crippen LogP contribution in [0.15, 0.2) is 0 Å². The fourth-order valence-electron chi connectivity index (χ4n) is 0. The van der Waals surface area contributed by atoms with Gasteiger partial charge in [0.2, 0.25) is 0 Å². The normalized spacial score (nSPS) is 6.00. The molecule has 0 atom stereocenters. The summed E-state index contributed by atoms with van der Waals surface area (Å²) in [6.07, 6.45) is 0. The third-order valence-electron chi connectivity index (χ3n) is 0.250. The van der Waals surface area contributed by atoms with Crippen LogP contribution in [0.2, 0.25) is 0 Å². The Morgan fingerprint density at radius 1 is 1.00 bits per heavy atom. The molecule has 0 aromatic heterocycles. The predicted molar refractivity (Wildman–Crippen MR) is 18.1 cm³/mol. The van der Waals surface area contributed by atoms with Crippen LogP contribution in [0, 0.1) is 0 Å². The summed E-state index contributed by atoms with van der Waals surface area (Å²) in [5, 5.41) is 0. The molecule has 5 heavy (non-hydrogen) atoms. The van der Waals surface area contributed by atoms with Gasteiger partial charge in [0.25, 0.3) is 0 Å². The van der Waals surface area contributed by atoms with Crippen molar-refractivity contribution in [2.24, 2.45) is 0 Å². The van der Waals surface area contributed by atoms with Crippen molar-refractivity contribution < 1.29 is 16.5 Å². The van der Waals surface area contributed by atoms with Crippen LogP contribution in [0.5, 0.6) is 0 Å². The van der Waals surface area contributed by atoms with Crippen LogP contribution in [0.1, 0.15) is 0 Å². The Bertz CT molecular complexity index is 9.61. The zero-order chi connectivity index (χ0) is 3.41. The fraction of sp³-hybridized carbons (Fsp3) is 1.00. The molecule has 2 nitrogen and oxygen atoms in total. The molecule has 0 aromatic rings. The van der Waals surface area contributed by atoms with Gasteiger partial charge in [-0.1, -0.05) is 0 Å². The predicted octanol–water partition coefficient (Wildman–Crippen LogP) is -0.662. The van der Waals surface area contributed by atoms with Crippen LogP contribution in [-0.4, -0.2) is 14.1 Å². The van der Waals surface area contributed by atoms with E-state index in [1.165, 1.54) is 0 Å². The first-order valence-corrected chi connectivity index (χ1v) is 1.25. The van der Waals surface area contributed by atoms with Crippen molar-refractivity contribution in [2.45, 2.75) is 0 Å². The maximum Gasteiger partial charge on any atom is 0 e. The minimum absolute atomic E-state index is 0. The summed E-state index contributed by atoms with van der Waals surface area (Å²) in [5.41, 5.74) is 5.36. The van der Waals surface area contributed by atoms with Crippen molar-refractivity contribution >= 4 is 0 Å². The Labute approximate surface area is 42.2 Å². The van der Waals surface area contributed by atoms with Crippen molar-refractivity contribution in [3.8, 4) is 0 Å². The van der Waals surface area contributed by atoms with E-state index in [0.717, 1.165) is 0 Å². The first kappa shape index (κ1) is 9.05. The zero-order valence-corrected chi connectivity index (χ0v) is 4.30. The van der Waals surface area contributed by atoms with E-state index in [1.54, 1.807) is 0 Å². The molecule has 0 heterocycles. The molecule has 3 heteroatoms. The number of hydrazine groups is 1. The molecule has 0 rings (SSSR count). The molecule has 0 aromatic carbocycles. The van der Waals surface area contributed by atoms with E-state index in [0.29, 0.717) is 0 Å². The molecular weight excluding hydrogens is 111 g/mol. The van der Waals surface area contributed by atoms with Gasteiger partial charge in [-0.25, -0.2) is 0 Å². The summed E-state index contributed by atoms with van der Waals surface area (Å²) in [4.78, 5) is 0. The Kier molecular flexibility index (Phi) is 16.0. The molecule has 0 fully saturated rings. The summed E-state index contributed by atoms with van der Waals surface area (Å²) in [7, 11) is 3.64. The molecule has 0 saturated carbocycles. The molecule has 2 N–H and O–H groups in total. The maximum atomic E-state index is 2.68. The summed E-state index contributed by atoms with van der Waals surface area (Å²) in [6.45, 7) is 0. The monoisotopic (exact) mass is 118 g/mol. The Balaban J connectivity index is 0. The third kappa shape index (κ3) is 12.9. The van der Waals surface area contributed by atoms with Gasteiger partial charge >= 0.3 is 0 Å². The van der Waals surface area contributed by atoms with Crippen molar-refractivity contribution in [3.63, 3.8) is 0 Å². The topological polar surface area (TPSA) is 24.1 Å². The molecule has 0 aliphatic heterocycles. The van der Waals surface area contributed by atoms with E-state index in [1.807, 2.05) is 14.1 Å². The van der Waals surface area contributed by atoms with E-state index < -0.39 is 0 Å². The smallest absolute Gasteiger partial charge is 0 e. The standard InChI is InChI=1S/C2H8N2.Ni/c1-3-4-2;/h3-4H,1-2H3;. The first-order chi connectivity index (χ1) is 1.91. The van der Waals surface area contributed by atoms with Crippen LogP contribution >= 0.6 is 0 Å². The van der Waals surface area contributed by atoms with Gasteiger partial charge < -0.3 is 0 Å². The molecule has 0 radical (unpaired) electrons. The molecule has 0 unspecified atom stereocenters. The summed E-state index contributed by atoms with van der Waals surface area (Å²) in [5.74, 6) is 0. The second kappa shape index (κ2) is 8.83. The zero-order valence-electron chi connectivity index (χ0n) is 3.32. The molecule has 0 bridgehead atoms. The van der Waals surface area contributed by atoms with E-state index in [9.17, 15) is 0 Å². The van der Waals surface area contributed by atoms with Gasteiger partial charge in [-0.3, -0.25) is 10.9 Å². The summed E-state index contributed by atoms with van der Waals surface area (Å²) >= 11 is 0. The van der Waals surface area contributed by atoms with E-state index >= 15 is 0 Å². The van der Waals surface area contributed by atoms with Crippen LogP contribution in [0.3, 0.4) is 0 Å². The Morgan fingerprint density at radius 2 is 1.20 bits per heavy atom.